The van der Waals surface area contributed by atoms with Crippen molar-refractivity contribution in [1.82, 2.24) is 0 Å². The van der Waals surface area contributed by atoms with E-state index in [0.29, 0.717) is 6.04 Å². The van der Waals surface area contributed by atoms with Crippen LogP contribution in [0.4, 0.5) is 0 Å². The number of hydrogen-bond acceptors (Lipinski definition) is 2. The Morgan fingerprint density at radius 1 is 1.33 bits per heavy atom. The van der Waals surface area contributed by atoms with Gasteiger partial charge in [0.2, 0.25) is 0 Å². The molecular weight excluding hydrogens is 202 g/mol. The summed E-state index contributed by atoms with van der Waals surface area (Å²) in [6.45, 7) is 4.29. The van der Waals surface area contributed by atoms with Crippen LogP contribution in [0.2, 0.25) is 0 Å². The van der Waals surface area contributed by atoms with Gasteiger partial charge in [-0.15, -0.1) is 11.3 Å². The van der Waals surface area contributed by atoms with Gasteiger partial charge in [0, 0.05) is 15.6 Å². The predicted molar refractivity (Wildman–Crippen MR) is 68.5 cm³/mol. The molecule has 0 amide bonds. The Labute approximate surface area is 94.9 Å². The number of nitrogens with two attached hydrogens (primary N) is 1. The summed E-state index contributed by atoms with van der Waals surface area (Å²) in [4.78, 5) is 1.49. The molecule has 80 valence electrons. The van der Waals surface area contributed by atoms with Crippen LogP contribution in [-0.4, -0.2) is 6.04 Å². The van der Waals surface area contributed by atoms with Crippen molar-refractivity contribution in [2.24, 2.45) is 5.73 Å². The number of fused-ring (bicyclic) bond motifs is 1. The summed E-state index contributed by atoms with van der Waals surface area (Å²) in [7, 11) is 0. The molecule has 15 heavy (non-hydrogen) atoms. The molecule has 1 heterocycles. The third-order valence-electron chi connectivity index (χ3n) is 2.77. The standard InChI is InChI=1S/C13H17NS/c1-9(14)7-8-12-10(2)11-5-3-4-6-13(11)15-12/h3-6,9H,7-8,14H2,1-2H3. The summed E-state index contributed by atoms with van der Waals surface area (Å²) < 4.78 is 1.40. The zero-order valence-electron chi connectivity index (χ0n) is 9.29. The molecule has 0 aliphatic rings. The van der Waals surface area contributed by atoms with Crippen molar-refractivity contribution >= 4 is 21.4 Å². The van der Waals surface area contributed by atoms with Crippen LogP contribution < -0.4 is 5.73 Å². The van der Waals surface area contributed by atoms with Crippen LogP contribution in [-0.2, 0) is 6.42 Å². The summed E-state index contributed by atoms with van der Waals surface area (Å²) in [5, 5.41) is 1.40. The Bertz CT molecular complexity index is 457. The second-order valence-electron chi connectivity index (χ2n) is 4.16. The van der Waals surface area contributed by atoms with Gasteiger partial charge < -0.3 is 5.73 Å². The van der Waals surface area contributed by atoms with Gasteiger partial charge in [0.05, 0.1) is 0 Å². The van der Waals surface area contributed by atoms with Crippen molar-refractivity contribution in [3.8, 4) is 0 Å². The van der Waals surface area contributed by atoms with E-state index < -0.39 is 0 Å². The van der Waals surface area contributed by atoms with Crippen molar-refractivity contribution in [2.75, 3.05) is 0 Å². The quantitative estimate of drug-likeness (QED) is 0.840. The molecule has 1 nitrogen and oxygen atoms in total. The van der Waals surface area contributed by atoms with Gasteiger partial charge in [0.25, 0.3) is 0 Å². The normalized spacial score (nSPS) is 13.3. The van der Waals surface area contributed by atoms with Crippen LogP contribution in [0.15, 0.2) is 24.3 Å². The van der Waals surface area contributed by atoms with Gasteiger partial charge in [0.1, 0.15) is 0 Å². The van der Waals surface area contributed by atoms with Gasteiger partial charge in [-0.1, -0.05) is 18.2 Å². The molecule has 1 atom stereocenters. The van der Waals surface area contributed by atoms with Crippen molar-refractivity contribution < 1.29 is 0 Å². The van der Waals surface area contributed by atoms with Crippen LogP contribution in [0.1, 0.15) is 23.8 Å². The van der Waals surface area contributed by atoms with Crippen LogP contribution in [0, 0.1) is 6.92 Å². The topological polar surface area (TPSA) is 26.0 Å². The van der Waals surface area contributed by atoms with E-state index in [4.69, 9.17) is 5.73 Å². The fourth-order valence-corrected chi connectivity index (χ4v) is 3.05. The Morgan fingerprint density at radius 2 is 2.07 bits per heavy atom. The molecule has 0 bridgehead atoms. The minimum Gasteiger partial charge on any atom is -0.328 e. The number of benzene rings is 1. The maximum atomic E-state index is 5.79. The average Bonchev–Trinajstić information content (AvgIpc) is 2.54. The van der Waals surface area contributed by atoms with Gasteiger partial charge in [0.15, 0.2) is 0 Å². The molecule has 1 unspecified atom stereocenters. The molecule has 2 aromatic rings. The average molecular weight is 219 g/mol. The summed E-state index contributed by atoms with van der Waals surface area (Å²) in [5.41, 5.74) is 7.23. The molecule has 2 heteroatoms. The molecule has 2 rings (SSSR count). The fraction of sp³-hybridized carbons (Fsp3) is 0.385. The first-order valence-electron chi connectivity index (χ1n) is 5.41. The zero-order chi connectivity index (χ0) is 10.8. The van der Waals surface area contributed by atoms with Gasteiger partial charge in [-0.05, 0) is 43.7 Å². The van der Waals surface area contributed by atoms with Crippen LogP contribution in [0.25, 0.3) is 10.1 Å². The highest BCUT2D eigenvalue weighted by Crippen LogP contribution is 2.31. The van der Waals surface area contributed by atoms with E-state index >= 15 is 0 Å². The minimum absolute atomic E-state index is 0.301. The predicted octanol–water partition coefficient (Wildman–Crippen LogP) is 3.49. The first-order chi connectivity index (χ1) is 7.18. The highest BCUT2D eigenvalue weighted by Gasteiger charge is 2.07. The number of aryl methyl sites for hydroxylation is 2. The second kappa shape index (κ2) is 4.33. The highest BCUT2D eigenvalue weighted by molar-refractivity contribution is 7.19. The lowest BCUT2D eigenvalue weighted by atomic mass is 10.1. The van der Waals surface area contributed by atoms with Crippen molar-refractivity contribution in [2.45, 2.75) is 32.7 Å². The summed E-state index contributed by atoms with van der Waals surface area (Å²) in [6, 6.07) is 8.92. The van der Waals surface area contributed by atoms with Gasteiger partial charge in [-0.2, -0.15) is 0 Å². The van der Waals surface area contributed by atoms with E-state index in [-0.39, 0.29) is 0 Å². The molecule has 1 aromatic carbocycles. The Hall–Kier alpha value is -0.860. The minimum atomic E-state index is 0.301. The maximum Gasteiger partial charge on any atom is 0.0348 e. The SMILES string of the molecule is Cc1c(CCC(C)N)sc2ccccc12. The van der Waals surface area contributed by atoms with Gasteiger partial charge in [-0.3, -0.25) is 0 Å². The van der Waals surface area contributed by atoms with E-state index in [0.717, 1.165) is 12.8 Å². The number of thiophene rings is 1. The molecule has 0 saturated heterocycles. The molecule has 0 saturated carbocycles. The second-order valence-corrected chi connectivity index (χ2v) is 5.30. The first-order valence-corrected chi connectivity index (χ1v) is 6.22. The molecule has 0 fully saturated rings. The van der Waals surface area contributed by atoms with E-state index in [1.165, 1.54) is 20.5 Å². The summed E-state index contributed by atoms with van der Waals surface area (Å²) in [6.07, 6.45) is 2.19. The highest BCUT2D eigenvalue weighted by atomic mass is 32.1. The smallest absolute Gasteiger partial charge is 0.0348 e. The molecule has 1 aromatic heterocycles. The van der Waals surface area contributed by atoms with Crippen LogP contribution >= 0.6 is 11.3 Å². The van der Waals surface area contributed by atoms with Crippen molar-refractivity contribution in [3.05, 3.63) is 34.7 Å². The molecule has 0 aliphatic heterocycles. The van der Waals surface area contributed by atoms with E-state index in [2.05, 4.69) is 38.1 Å². The van der Waals surface area contributed by atoms with Crippen LogP contribution in [0.5, 0.6) is 0 Å². The molecular formula is C13H17NS. The van der Waals surface area contributed by atoms with Gasteiger partial charge in [-0.25, -0.2) is 0 Å². The Kier molecular flexibility index (Phi) is 3.08. The van der Waals surface area contributed by atoms with E-state index in [1.54, 1.807) is 0 Å². The Balaban J connectivity index is 2.32. The fourth-order valence-electron chi connectivity index (χ4n) is 1.82. The lowest BCUT2D eigenvalue weighted by Gasteiger charge is -2.03. The molecule has 0 radical (unpaired) electrons. The van der Waals surface area contributed by atoms with E-state index in [1.807, 2.05) is 11.3 Å². The third kappa shape index (κ3) is 2.21. The lowest BCUT2D eigenvalue weighted by molar-refractivity contribution is 0.669. The monoisotopic (exact) mass is 219 g/mol. The van der Waals surface area contributed by atoms with Crippen molar-refractivity contribution in [3.63, 3.8) is 0 Å². The van der Waals surface area contributed by atoms with E-state index in [9.17, 15) is 0 Å². The third-order valence-corrected chi connectivity index (χ3v) is 4.10. The van der Waals surface area contributed by atoms with Gasteiger partial charge >= 0.3 is 0 Å². The first kappa shape index (κ1) is 10.7. The molecule has 0 aliphatic carbocycles. The van der Waals surface area contributed by atoms with Crippen molar-refractivity contribution in [1.29, 1.82) is 0 Å². The largest absolute Gasteiger partial charge is 0.328 e. The molecule has 0 spiro atoms. The summed E-state index contributed by atoms with van der Waals surface area (Å²) in [5.74, 6) is 0. The van der Waals surface area contributed by atoms with Crippen LogP contribution in [0.3, 0.4) is 0 Å². The number of hydrogen-bond donors (Lipinski definition) is 1. The zero-order valence-corrected chi connectivity index (χ0v) is 10.1. The maximum absolute atomic E-state index is 5.79. The lowest BCUT2D eigenvalue weighted by Crippen LogP contribution is -2.15. The Morgan fingerprint density at radius 3 is 2.73 bits per heavy atom. The molecule has 2 N–H and O–H groups in total. The number of rotatable bonds is 3. The summed E-state index contributed by atoms with van der Waals surface area (Å²) >= 11 is 1.91.